The number of thiophene rings is 2. The lowest BCUT2D eigenvalue weighted by Gasteiger charge is -2.15. The highest BCUT2D eigenvalue weighted by molar-refractivity contribution is 14.0. The summed E-state index contributed by atoms with van der Waals surface area (Å²) in [6.45, 7) is 6.92. The second-order valence-corrected chi connectivity index (χ2v) is 6.91. The molecule has 0 saturated heterocycles. The minimum absolute atomic E-state index is 0. The fraction of sp³-hybridized carbons (Fsp3) is 0.438. The maximum absolute atomic E-state index is 4.63. The van der Waals surface area contributed by atoms with Crippen LogP contribution in [-0.4, -0.2) is 19.0 Å². The van der Waals surface area contributed by atoms with Crippen LogP contribution >= 0.6 is 46.7 Å². The normalized spacial score (nSPS) is 12.5. The van der Waals surface area contributed by atoms with E-state index in [1.807, 2.05) is 11.3 Å². The van der Waals surface area contributed by atoms with E-state index in [4.69, 9.17) is 0 Å². The van der Waals surface area contributed by atoms with E-state index in [0.29, 0.717) is 5.92 Å². The SMILES string of the molecule is CCNC(=NCc1ccsc1)NCC(C)Cc1cccs1.I. The number of nitrogens with one attached hydrogen (secondary N) is 2. The Labute approximate surface area is 158 Å². The van der Waals surface area contributed by atoms with Crippen molar-refractivity contribution < 1.29 is 0 Å². The zero-order valence-electron chi connectivity index (χ0n) is 13.0. The predicted octanol–water partition coefficient (Wildman–Crippen LogP) is 4.36. The summed E-state index contributed by atoms with van der Waals surface area (Å²) < 4.78 is 0. The molecular formula is C16H24IN3S2. The van der Waals surface area contributed by atoms with Crippen molar-refractivity contribution >= 4 is 52.6 Å². The molecule has 0 spiro atoms. The van der Waals surface area contributed by atoms with E-state index in [0.717, 1.165) is 32.0 Å². The van der Waals surface area contributed by atoms with Gasteiger partial charge in [0.25, 0.3) is 0 Å². The molecule has 22 heavy (non-hydrogen) atoms. The number of hydrogen-bond acceptors (Lipinski definition) is 3. The van der Waals surface area contributed by atoms with Crippen LogP contribution in [0.5, 0.6) is 0 Å². The Morgan fingerprint density at radius 2 is 2.14 bits per heavy atom. The van der Waals surface area contributed by atoms with Gasteiger partial charge in [-0.1, -0.05) is 13.0 Å². The number of hydrogen-bond donors (Lipinski definition) is 2. The van der Waals surface area contributed by atoms with E-state index in [1.54, 1.807) is 11.3 Å². The van der Waals surface area contributed by atoms with Crippen molar-refractivity contribution in [1.82, 2.24) is 10.6 Å². The third-order valence-corrected chi connectivity index (χ3v) is 4.72. The molecule has 0 aromatic carbocycles. The Morgan fingerprint density at radius 1 is 1.27 bits per heavy atom. The molecule has 2 N–H and O–H groups in total. The Morgan fingerprint density at radius 3 is 2.77 bits per heavy atom. The Kier molecular flexibility index (Phi) is 9.74. The van der Waals surface area contributed by atoms with Crippen LogP contribution in [-0.2, 0) is 13.0 Å². The first-order valence-electron chi connectivity index (χ1n) is 7.33. The van der Waals surface area contributed by atoms with Gasteiger partial charge in [0.2, 0.25) is 0 Å². The topological polar surface area (TPSA) is 36.4 Å². The molecule has 0 aliphatic heterocycles. The Hall–Kier alpha value is -0.600. The molecule has 2 aromatic rings. The van der Waals surface area contributed by atoms with Gasteiger partial charge in [0.1, 0.15) is 0 Å². The van der Waals surface area contributed by atoms with Crippen LogP contribution in [0.4, 0.5) is 0 Å². The second-order valence-electron chi connectivity index (χ2n) is 5.10. The summed E-state index contributed by atoms with van der Waals surface area (Å²) in [6.07, 6.45) is 1.12. The van der Waals surface area contributed by atoms with Gasteiger partial charge in [-0.3, -0.25) is 0 Å². The summed E-state index contributed by atoms with van der Waals surface area (Å²) in [5, 5.41) is 13.1. The molecule has 1 unspecified atom stereocenters. The van der Waals surface area contributed by atoms with Crippen LogP contribution < -0.4 is 10.6 Å². The molecule has 0 saturated carbocycles. The van der Waals surface area contributed by atoms with Gasteiger partial charge in [0, 0.05) is 18.0 Å². The largest absolute Gasteiger partial charge is 0.357 e. The summed E-state index contributed by atoms with van der Waals surface area (Å²) in [5.41, 5.74) is 1.27. The smallest absolute Gasteiger partial charge is 0.191 e. The highest BCUT2D eigenvalue weighted by Gasteiger charge is 2.06. The summed E-state index contributed by atoms with van der Waals surface area (Å²) in [6, 6.07) is 6.45. The van der Waals surface area contributed by atoms with Crippen molar-refractivity contribution in [3.63, 3.8) is 0 Å². The molecule has 2 aromatic heterocycles. The molecule has 0 aliphatic carbocycles. The van der Waals surface area contributed by atoms with Crippen molar-refractivity contribution in [2.75, 3.05) is 13.1 Å². The van der Waals surface area contributed by atoms with Crippen molar-refractivity contribution in [2.45, 2.75) is 26.8 Å². The first-order chi connectivity index (χ1) is 10.3. The minimum atomic E-state index is 0. The Bertz CT molecular complexity index is 524. The molecule has 2 heterocycles. The molecule has 122 valence electrons. The summed E-state index contributed by atoms with van der Waals surface area (Å²) in [5.74, 6) is 1.50. The molecule has 0 radical (unpaired) electrons. The van der Waals surface area contributed by atoms with E-state index in [9.17, 15) is 0 Å². The van der Waals surface area contributed by atoms with Gasteiger partial charge in [0.15, 0.2) is 5.96 Å². The molecular weight excluding hydrogens is 425 g/mol. The van der Waals surface area contributed by atoms with Crippen molar-refractivity contribution in [2.24, 2.45) is 10.9 Å². The zero-order valence-corrected chi connectivity index (χ0v) is 17.0. The molecule has 6 heteroatoms. The molecule has 0 aliphatic rings. The summed E-state index contributed by atoms with van der Waals surface area (Å²) >= 11 is 3.55. The number of aliphatic imine (C=N–C) groups is 1. The van der Waals surface area contributed by atoms with Crippen molar-refractivity contribution in [3.05, 3.63) is 44.8 Å². The maximum atomic E-state index is 4.63. The van der Waals surface area contributed by atoms with Crippen LogP contribution in [0, 0.1) is 5.92 Å². The molecule has 0 bridgehead atoms. The summed E-state index contributed by atoms with van der Waals surface area (Å²) in [7, 11) is 0. The van der Waals surface area contributed by atoms with Gasteiger partial charge in [-0.15, -0.1) is 35.3 Å². The van der Waals surface area contributed by atoms with Crippen LogP contribution in [0.15, 0.2) is 39.3 Å². The van der Waals surface area contributed by atoms with Crippen LogP contribution in [0.25, 0.3) is 0 Å². The van der Waals surface area contributed by atoms with Crippen LogP contribution in [0.2, 0.25) is 0 Å². The molecule has 3 nitrogen and oxygen atoms in total. The van der Waals surface area contributed by atoms with Crippen LogP contribution in [0.3, 0.4) is 0 Å². The first kappa shape index (κ1) is 19.4. The standard InChI is InChI=1S/C16H23N3S2.HI/c1-3-17-16(19-11-14-6-8-20-12-14)18-10-13(2)9-15-5-4-7-21-15;/h4-8,12-13H,3,9-11H2,1-2H3,(H2,17,18,19);1H. The van der Waals surface area contributed by atoms with E-state index < -0.39 is 0 Å². The monoisotopic (exact) mass is 449 g/mol. The lowest BCUT2D eigenvalue weighted by molar-refractivity contribution is 0.562. The fourth-order valence-corrected chi connectivity index (χ4v) is 3.54. The van der Waals surface area contributed by atoms with E-state index in [1.165, 1.54) is 10.4 Å². The first-order valence-corrected chi connectivity index (χ1v) is 9.15. The van der Waals surface area contributed by atoms with E-state index in [-0.39, 0.29) is 24.0 Å². The molecule has 2 rings (SSSR count). The molecule has 0 amide bonds. The van der Waals surface area contributed by atoms with Crippen LogP contribution in [0.1, 0.15) is 24.3 Å². The number of guanidine groups is 1. The third-order valence-electron chi connectivity index (χ3n) is 3.09. The van der Waals surface area contributed by atoms with Gasteiger partial charge in [-0.25, -0.2) is 4.99 Å². The van der Waals surface area contributed by atoms with E-state index in [2.05, 4.69) is 63.8 Å². The average molecular weight is 449 g/mol. The molecule has 1 atom stereocenters. The highest BCUT2D eigenvalue weighted by atomic mass is 127. The Balaban J connectivity index is 0.00000242. The van der Waals surface area contributed by atoms with Gasteiger partial charge >= 0.3 is 0 Å². The number of nitrogens with zero attached hydrogens (tertiary/aromatic N) is 1. The highest BCUT2D eigenvalue weighted by Crippen LogP contribution is 2.13. The van der Waals surface area contributed by atoms with Crippen molar-refractivity contribution in [1.29, 1.82) is 0 Å². The zero-order chi connectivity index (χ0) is 14.9. The predicted molar refractivity (Wildman–Crippen MR) is 110 cm³/mol. The minimum Gasteiger partial charge on any atom is -0.357 e. The molecule has 0 fully saturated rings. The van der Waals surface area contributed by atoms with E-state index >= 15 is 0 Å². The lowest BCUT2D eigenvalue weighted by atomic mass is 10.1. The lowest BCUT2D eigenvalue weighted by Crippen LogP contribution is -2.39. The van der Waals surface area contributed by atoms with Gasteiger partial charge in [-0.2, -0.15) is 11.3 Å². The number of rotatable bonds is 7. The third kappa shape index (κ3) is 7.11. The maximum Gasteiger partial charge on any atom is 0.191 e. The number of halogens is 1. The summed E-state index contributed by atoms with van der Waals surface area (Å²) in [4.78, 5) is 6.08. The van der Waals surface area contributed by atoms with Gasteiger partial charge in [0.05, 0.1) is 6.54 Å². The van der Waals surface area contributed by atoms with Gasteiger partial charge in [-0.05, 0) is 53.1 Å². The van der Waals surface area contributed by atoms with Crippen molar-refractivity contribution in [3.8, 4) is 0 Å². The second kappa shape index (κ2) is 11.0. The average Bonchev–Trinajstić information content (AvgIpc) is 3.15. The quantitative estimate of drug-likeness (QED) is 0.375. The van der Waals surface area contributed by atoms with Gasteiger partial charge < -0.3 is 10.6 Å². The fourth-order valence-electron chi connectivity index (χ4n) is 2.01.